The van der Waals surface area contributed by atoms with E-state index in [0.29, 0.717) is 6.54 Å². The zero-order valence-corrected chi connectivity index (χ0v) is 12.9. The number of sulfonamides is 1. The quantitative estimate of drug-likeness (QED) is 0.675. The lowest BCUT2D eigenvalue weighted by Crippen LogP contribution is -2.30. The second kappa shape index (κ2) is 7.15. The summed E-state index contributed by atoms with van der Waals surface area (Å²) >= 11 is 0. The summed E-state index contributed by atoms with van der Waals surface area (Å²) in [5, 5.41) is 2.64. The summed E-state index contributed by atoms with van der Waals surface area (Å²) in [6.45, 7) is 0.737. The zero-order valence-electron chi connectivity index (χ0n) is 10.5. The van der Waals surface area contributed by atoms with E-state index in [1.807, 2.05) is 0 Å². The van der Waals surface area contributed by atoms with Gasteiger partial charge in [-0.2, -0.15) is 0 Å². The van der Waals surface area contributed by atoms with Gasteiger partial charge in [0.2, 0.25) is 10.0 Å². The van der Waals surface area contributed by atoms with Crippen LogP contribution in [0.4, 0.5) is 0 Å². The van der Waals surface area contributed by atoms with E-state index in [4.69, 9.17) is 0 Å². The standard InChI is InChI=1S/C9H15N3O4S2.ClH/c1-10-5-6-12-18(15,16)8-3-4-9(11-7-8)17(2,13)14;/h3-4,7,10,12H,5-6H2,1-2H3;1H. The van der Waals surface area contributed by atoms with Crippen molar-refractivity contribution in [2.24, 2.45) is 0 Å². The van der Waals surface area contributed by atoms with Crippen LogP contribution in [-0.4, -0.2) is 48.2 Å². The largest absolute Gasteiger partial charge is 0.318 e. The van der Waals surface area contributed by atoms with Gasteiger partial charge in [-0.3, -0.25) is 0 Å². The molecule has 0 aliphatic rings. The summed E-state index contributed by atoms with van der Waals surface area (Å²) in [5.41, 5.74) is 0. The van der Waals surface area contributed by atoms with Gasteiger partial charge in [0.05, 0.1) is 0 Å². The van der Waals surface area contributed by atoms with E-state index >= 15 is 0 Å². The van der Waals surface area contributed by atoms with Gasteiger partial charge in [0.1, 0.15) is 4.90 Å². The van der Waals surface area contributed by atoms with Gasteiger partial charge in [-0.15, -0.1) is 12.4 Å². The molecular weight excluding hydrogens is 314 g/mol. The van der Waals surface area contributed by atoms with Crippen molar-refractivity contribution in [3.8, 4) is 0 Å². The molecule has 110 valence electrons. The van der Waals surface area contributed by atoms with Gasteiger partial charge in [0, 0.05) is 25.5 Å². The maximum absolute atomic E-state index is 11.7. The van der Waals surface area contributed by atoms with E-state index in [-0.39, 0.29) is 28.9 Å². The van der Waals surface area contributed by atoms with Crippen LogP contribution < -0.4 is 10.0 Å². The Kier molecular flexibility index (Phi) is 6.87. The van der Waals surface area contributed by atoms with Crippen molar-refractivity contribution in [2.75, 3.05) is 26.4 Å². The van der Waals surface area contributed by atoms with Gasteiger partial charge < -0.3 is 5.32 Å². The Morgan fingerprint density at radius 1 is 1.16 bits per heavy atom. The minimum atomic E-state index is -3.64. The highest BCUT2D eigenvalue weighted by Gasteiger charge is 2.15. The molecule has 0 saturated heterocycles. The third-order valence-electron chi connectivity index (χ3n) is 2.07. The van der Waals surface area contributed by atoms with E-state index in [1.165, 1.54) is 12.1 Å². The molecule has 7 nitrogen and oxygen atoms in total. The van der Waals surface area contributed by atoms with Crippen LogP contribution in [-0.2, 0) is 19.9 Å². The minimum Gasteiger partial charge on any atom is -0.318 e. The molecular formula is C9H16ClN3O4S2. The number of hydrogen-bond donors (Lipinski definition) is 2. The van der Waals surface area contributed by atoms with Gasteiger partial charge in [0.15, 0.2) is 14.9 Å². The molecule has 0 aliphatic carbocycles. The number of aromatic nitrogens is 1. The van der Waals surface area contributed by atoms with E-state index in [9.17, 15) is 16.8 Å². The summed E-state index contributed by atoms with van der Waals surface area (Å²) in [7, 11) is -5.36. The van der Waals surface area contributed by atoms with Gasteiger partial charge in [-0.05, 0) is 19.2 Å². The molecule has 0 spiro atoms. The first-order chi connectivity index (χ1) is 8.27. The fourth-order valence-electron chi connectivity index (χ4n) is 1.14. The molecule has 1 rings (SSSR count). The molecule has 0 bridgehead atoms. The van der Waals surface area contributed by atoms with Crippen LogP contribution >= 0.6 is 12.4 Å². The number of halogens is 1. The number of nitrogens with zero attached hydrogens (tertiary/aromatic N) is 1. The SMILES string of the molecule is CNCCNS(=O)(=O)c1ccc(S(C)(=O)=O)nc1.Cl. The van der Waals surface area contributed by atoms with Gasteiger partial charge >= 0.3 is 0 Å². The van der Waals surface area contributed by atoms with Crippen LogP contribution in [0.5, 0.6) is 0 Å². The average molecular weight is 330 g/mol. The van der Waals surface area contributed by atoms with Crippen molar-refractivity contribution in [3.05, 3.63) is 18.3 Å². The Labute approximate surface area is 119 Å². The van der Waals surface area contributed by atoms with E-state index < -0.39 is 19.9 Å². The van der Waals surface area contributed by atoms with Gasteiger partial charge in [0.25, 0.3) is 0 Å². The van der Waals surface area contributed by atoms with Gasteiger partial charge in [-0.25, -0.2) is 26.5 Å². The smallest absolute Gasteiger partial charge is 0.242 e. The molecule has 10 heteroatoms. The topological polar surface area (TPSA) is 105 Å². The maximum Gasteiger partial charge on any atom is 0.242 e. The van der Waals surface area contributed by atoms with Crippen molar-refractivity contribution in [2.45, 2.75) is 9.92 Å². The normalized spacial score (nSPS) is 11.9. The van der Waals surface area contributed by atoms with Crippen molar-refractivity contribution in [1.82, 2.24) is 15.0 Å². The average Bonchev–Trinajstić information content (AvgIpc) is 2.28. The van der Waals surface area contributed by atoms with Crippen LogP contribution in [0.3, 0.4) is 0 Å². The molecule has 0 unspecified atom stereocenters. The zero-order chi connectivity index (χ0) is 13.8. The molecule has 0 fully saturated rings. The van der Waals surface area contributed by atoms with Crippen molar-refractivity contribution >= 4 is 32.3 Å². The highest BCUT2D eigenvalue weighted by molar-refractivity contribution is 7.90. The molecule has 1 heterocycles. The molecule has 0 aromatic carbocycles. The number of pyridine rings is 1. The second-order valence-corrected chi connectivity index (χ2v) is 7.34. The Morgan fingerprint density at radius 2 is 1.79 bits per heavy atom. The van der Waals surface area contributed by atoms with Crippen LogP contribution in [0.2, 0.25) is 0 Å². The minimum absolute atomic E-state index is 0. The molecule has 1 aromatic rings. The number of nitrogens with one attached hydrogen (secondary N) is 2. The Balaban J connectivity index is 0.00000324. The second-order valence-electron chi connectivity index (χ2n) is 3.61. The lowest BCUT2D eigenvalue weighted by Gasteiger charge is -2.06. The Morgan fingerprint density at radius 3 is 2.21 bits per heavy atom. The predicted molar refractivity (Wildman–Crippen MR) is 73.7 cm³/mol. The Hall–Kier alpha value is -0.740. The van der Waals surface area contributed by atoms with Crippen molar-refractivity contribution in [3.63, 3.8) is 0 Å². The molecule has 2 N–H and O–H groups in total. The summed E-state index contributed by atoms with van der Waals surface area (Å²) in [5.74, 6) is 0. The number of hydrogen-bond acceptors (Lipinski definition) is 6. The molecule has 0 saturated carbocycles. The fourth-order valence-corrected chi connectivity index (χ4v) is 2.67. The maximum atomic E-state index is 11.7. The summed E-state index contributed by atoms with van der Waals surface area (Å²) in [6.07, 6.45) is 2.03. The molecule has 0 amide bonds. The number of likely N-dealkylation sites (N-methyl/N-ethyl adjacent to an activating group) is 1. The van der Waals surface area contributed by atoms with E-state index in [0.717, 1.165) is 12.5 Å². The first-order valence-corrected chi connectivity index (χ1v) is 8.45. The molecule has 0 radical (unpaired) electrons. The molecule has 0 aliphatic heterocycles. The monoisotopic (exact) mass is 329 g/mol. The highest BCUT2D eigenvalue weighted by Crippen LogP contribution is 2.10. The predicted octanol–water partition coefficient (Wildman–Crippen LogP) is -0.595. The third-order valence-corrected chi connectivity index (χ3v) is 4.51. The Bertz CT molecular complexity index is 599. The first-order valence-electron chi connectivity index (χ1n) is 5.08. The van der Waals surface area contributed by atoms with Gasteiger partial charge in [-0.1, -0.05) is 0 Å². The van der Waals surface area contributed by atoms with Crippen LogP contribution in [0, 0.1) is 0 Å². The lowest BCUT2D eigenvalue weighted by molar-refractivity contribution is 0.577. The fraction of sp³-hybridized carbons (Fsp3) is 0.444. The molecule has 19 heavy (non-hydrogen) atoms. The first kappa shape index (κ1) is 18.3. The summed E-state index contributed by atoms with van der Waals surface area (Å²) < 4.78 is 48.2. The third kappa shape index (κ3) is 5.41. The van der Waals surface area contributed by atoms with Crippen molar-refractivity contribution < 1.29 is 16.8 Å². The number of sulfone groups is 1. The van der Waals surface area contributed by atoms with Crippen LogP contribution in [0.15, 0.2) is 28.3 Å². The molecule has 0 atom stereocenters. The summed E-state index contributed by atoms with van der Waals surface area (Å²) in [4.78, 5) is 3.56. The molecule has 1 aromatic heterocycles. The van der Waals surface area contributed by atoms with Crippen molar-refractivity contribution in [1.29, 1.82) is 0 Å². The highest BCUT2D eigenvalue weighted by atomic mass is 35.5. The van der Waals surface area contributed by atoms with E-state index in [1.54, 1.807) is 7.05 Å². The van der Waals surface area contributed by atoms with E-state index in [2.05, 4.69) is 15.0 Å². The van der Waals surface area contributed by atoms with Crippen LogP contribution in [0.25, 0.3) is 0 Å². The number of rotatable bonds is 6. The summed E-state index contributed by atoms with van der Waals surface area (Å²) in [6, 6.07) is 2.38. The van der Waals surface area contributed by atoms with Crippen LogP contribution in [0.1, 0.15) is 0 Å². The lowest BCUT2D eigenvalue weighted by atomic mass is 10.5.